The lowest BCUT2D eigenvalue weighted by Crippen LogP contribution is -2.32. The number of ether oxygens (including phenoxy) is 1. The van der Waals surface area contributed by atoms with Gasteiger partial charge in [0.05, 0.1) is 25.9 Å². The molecule has 5 heteroatoms. The fourth-order valence-electron chi connectivity index (χ4n) is 1.33. The van der Waals surface area contributed by atoms with Crippen molar-refractivity contribution in [1.82, 2.24) is 5.32 Å². The summed E-state index contributed by atoms with van der Waals surface area (Å²) in [6.45, 7) is 1.08. The zero-order valence-electron chi connectivity index (χ0n) is 9.60. The predicted molar refractivity (Wildman–Crippen MR) is 62.0 cm³/mol. The first kappa shape index (κ1) is 14.1. The number of halogens is 1. The van der Waals surface area contributed by atoms with Crippen molar-refractivity contribution in [1.29, 1.82) is 0 Å². The number of aliphatic hydroxyl groups is 2. The van der Waals surface area contributed by atoms with Gasteiger partial charge in [0.25, 0.3) is 0 Å². The highest BCUT2D eigenvalue weighted by Crippen LogP contribution is 2.07. The van der Waals surface area contributed by atoms with E-state index in [0.717, 1.165) is 0 Å². The Bertz CT molecular complexity index is 322. The summed E-state index contributed by atoms with van der Waals surface area (Å²) in [5.41, 5.74) is 0.475. The maximum atomic E-state index is 13.2. The highest BCUT2D eigenvalue weighted by Gasteiger charge is 2.05. The number of aliphatic hydroxyl groups excluding tert-OH is 2. The van der Waals surface area contributed by atoms with Gasteiger partial charge in [-0.15, -0.1) is 0 Å². The molecule has 1 unspecified atom stereocenters. The van der Waals surface area contributed by atoms with E-state index in [1.165, 1.54) is 6.07 Å². The Labute approximate surface area is 100 Å². The summed E-state index contributed by atoms with van der Waals surface area (Å²) in [6.07, 6.45) is -0.659. The van der Waals surface area contributed by atoms with Crippen LogP contribution in [0.3, 0.4) is 0 Å². The molecule has 0 saturated carbocycles. The predicted octanol–water partition coefficient (Wildman–Crippen LogP) is 0.285. The van der Waals surface area contributed by atoms with Gasteiger partial charge in [-0.25, -0.2) is 4.39 Å². The molecule has 0 saturated heterocycles. The number of benzene rings is 1. The lowest BCUT2D eigenvalue weighted by molar-refractivity contribution is 0.0275. The van der Waals surface area contributed by atoms with Gasteiger partial charge < -0.3 is 20.3 Å². The third kappa shape index (κ3) is 5.74. The van der Waals surface area contributed by atoms with Crippen LogP contribution in [0.4, 0.5) is 4.39 Å². The molecule has 0 bridgehead atoms. The summed E-state index contributed by atoms with van der Waals surface area (Å²) in [5, 5.41) is 20.8. The summed E-state index contributed by atoms with van der Waals surface area (Å²) in [7, 11) is 0. The molecule has 0 aliphatic heterocycles. The molecule has 0 aliphatic rings. The summed E-state index contributed by atoms with van der Waals surface area (Å²) >= 11 is 0. The quantitative estimate of drug-likeness (QED) is 0.574. The molecule has 0 heterocycles. The second-order valence-corrected chi connectivity index (χ2v) is 3.69. The van der Waals surface area contributed by atoms with Crippen molar-refractivity contribution in [3.63, 3.8) is 0 Å². The van der Waals surface area contributed by atoms with Gasteiger partial charge >= 0.3 is 0 Å². The number of hydrogen-bond donors (Lipinski definition) is 3. The van der Waals surface area contributed by atoms with Crippen molar-refractivity contribution in [2.24, 2.45) is 0 Å². The normalized spacial score (nSPS) is 12.6. The van der Waals surface area contributed by atoms with Crippen molar-refractivity contribution in [2.45, 2.75) is 12.7 Å². The van der Waals surface area contributed by atoms with E-state index < -0.39 is 6.10 Å². The van der Waals surface area contributed by atoms with Gasteiger partial charge in [0.2, 0.25) is 0 Å². The first-order chi connectivity index (χ1) is 8.24. The average Bonchev–Trinajstić information content (AvgIpc) is 2.32. The molecule has 17 heavy (non-hydrogen) atoms. The van der Waals surface area contributed by atoms with Gasteiger partial charge in [-0.2, -0.15) is 0 Å². The molecule has 0 aromatic heterocycles. The maximum Gasteiger partial charge on any atom is 0.128 e. The monoisotopic (exact) mass is 243 g/mol. The topological polar surface area (TPSA) is 61.7 Å². The van der Waals surface area contributed by atoms with Gasteiger partial charge in [-0.1, -0.05) is 18.2 Å². The van der Waals surface area contributed by atoms with E-state index in [1.807, 2.05) is 0 Å². The average molecular weight is 243 g/mol. The van der Waals surface area contributed by atoms with Crippen LogP contribution in [-0.4, -0.2) is 42.6 Å². The molecule has 1 aromatic carbocycles. The lowest BCUT2D eigenvalue weighted by atomic mass is 10.2. The highest BCUT2D eigenvalue weighted by molar-refractivity contribution is 5.16. The summed E-state index contributed by atoms with van der Waals surface area (Å²) < 4.78 is 18.4. The van der Waals surface area contributed by atoms with E-state index >= 15 is 0 Å². The molecular weight excluding hydrogens is 225 g/mol. The Morgan fingerprint density at radius 3 is 2.82 bits per heavy atom. The van der Waals surface area contributed by atoms with Crippen LogP contribution in [0.25, 0.3) is 0 Å². The highest BCUT2D eigenvalue weighted by atomic mass is 19.1. The van der Waals surface area contributed by atoms with Gasteiger partial charge in [0, 0.05) is 18.7 Å². The molecule has 3 N–H and O–H groups in total. The van der Waals surface area contributed by atoms with Crippen molar-refractivity contribution < 1.29 is 19.3 Å². The number of nitrogens with one attached hydrogen (secondary N) is 1. The van der Waals surface area contributed by atoms with Crippen LogP contribution in [0.2, 0.25) is 0 Å². The van der Waals surface area contributed by atoms with E-state index in [0.29, 0.717) is 18.7 Å². The minimum Gasteiger partial charge on any atom is -0.395 e. The van der Waals surface area contributed by atoms with Crippen molar-refractivity contribution in [3.8, 4) is 0 Å². The minimum atomic E-state index is -0.659. The van der Waals surface area contributed by atoms with Crippen LogP contribution >= 0.6 is 0 Å². The van der Waals surface area contributed by atoms with E-state index in [9.17, 15) is 9.50 Å². The molecule has 0 amide bonds. The molecule has 96 valence electrons. The molecule has 0 radical (unpaired) electrons. The Morgan fingerprint density at radius 2 is 2.12 bits per heavy atom. The second kappa shape index (κ2) is 8.14. The Balaban J connectivity index is 2.17. The first-order valence-electron chi connectivity index (χ1n) is 5.55. The largest absolute Gasteiger partial charge is 0.395 e. The Kier molecular flexibility index (Phi) is 6.73. The summed E-state index contributed by atoms with van der Waals surface area (Å²) in [6, 6.07) is 6.37. The fraction of sp³-hybridized carbons (Fsp3) is 0.500. The van der Waals surface area contributed by atoms with E-state index in [-0.39, 0.29) is 25.6 Å². The molecular formula is C12H18FNO3. The van der Waals surface area contributed by atoms with Crippen molar-refractivity contribution in [2.75, 3.05) is 26.3 Å². The van der Waals surface area contributed by atoms with Gasteiger partial charge in [-0.05, 0) is 6.07 Å². The number of hydrogen-bond acceptors (Lipinski definition) is 4. The molecule has 1 atom stereocenters. The van der Waals surface area contributed by atoms with Crippen LogP contribution in [0.5, 0.6) is 0 Å². The van der Waals surface area contributed by atoms with Gasteiger partial charge in [0.1, 0.15) is 5.82 Å². The Hall–Kier alpha value is -1.01. The fourth-order valence-corrected chi connectivity index (χ4v) is 1.33. The first-order valence-corrected chi connectivity index (χ1v) is 5.55. The van der Waals surface area contributed by atoms with Gasteiger partial charge in [0.15, 0.2) is 0 Å². The van der Waals surface area contributed by atoms with Crippen molar-refractivity contribution >= 4 is 0 Å². The number of rotatable bonds is 8. The van der Waals surface area contributed by atoms with Crippen LogP contribution in [0, 0.1) is 5.82 Å². The molecule has 0 fully saturated rings. The van der Waals surface area contributed by atoms with Crippen molar-refractivity contribution in [3.05, 3.63) is 35.6 Å². The van der Waals surface area contributed by atoms with E-state index in [2.05, 4.69) is 5.32 Å². The zero-order chi connectivity index (χ0) is 12.5. The molecule has 4 nitrogen and oxygen atoms in total. The van der Waals surface area contributed by atoms with Crippen LogP contribution in [-0.2, 0) is 11.3 Å². The second-order valence-electron chi connectivity index (χ2n) is 3.69. The van der Waals surface area contributed by atoms with Gasteiger partial charge in [-0.3, -0.25) is 0 Å². The molecule has 1 rings (SSSR count). The zero-order valence-corrected chi connectivity index (χ0v) is 9.60. The third-order valence-electron chi connectivity index (χ3n) is 2.19. The molecule has 1 aromatic rings. The standard InChI is InChI=1S/C12H18FNO3/c13-12-4-2-1-3-10(12)8-17-9-11(16)7-14-5-6-15/h1-4,11,14-16H,5-9H2. The van der Waals surface area contributed by atoms with Crippen LogP contribution < -0.4 is 5.32 Å². The smallest absolute Gasteiger partial charge is 0.128 e. The Morgan fingerprint density at radius 1 is 1.35 bits per heavy atom. The minimum absolute atomic E-state index is 0.0306. The molecule has 0 aliphatic carbocycles. The molecule has 0 spiro atoms. The summed E-state index contributed by atoms with van der Waals surface area (Å²) in [4.78, 5) is 0. The van der Waals surface area contributed by atoms with E-state index in [1.54, 1.807) is 18.2 Å². The van der Waals surface area contributed by atoms with Crippen LogP contribution in [0.15, 0.2) is 24.3 Å². The SMILES string of the molecule is OCCNCC(O)COCc1ccccc1F. The maximum absolute atomic E-state index is 13.2. The third-order valence-corrected chi connectivity index (χ3v) is 2.19. The summed E-state index contributed by atoms with van der Waals surface area (Å²) in [5.74, 6) is -0.305. The van der Waals surface area contributed by atoms with E-state index in [4.69, 9.17) is 9.84 Å². The lowest BCUT2D eigenvalue weighted by Gasteiger charge is -2.12. The van der Waals surface area contributed by atoms with Crippen LogP contribution in [0.1, 0.15) is 5.56 Å².